The van der Waals surface area contributed by atoms with Gasteiger partial charge in [-0.1, -0.05) is 57.2 Å². The zero-order valence-electron chi connectivity index (χ0n) is 24.4. The molecule has 0 bridgehead atoms. The van der Waals surface area contributed by atoms with E-state index in [0.717, 1.165) is 66.6 Å². The Kier molecular flexibility index (Phi) is 8.00. The van der Waals surface area contributed by atoms with Crippen LogP contribution in [0.15, 0.2) is 84.2 Å². The Balaban J connectivity index is 1.01. The number of hydrogen-bond acceptors (Lipinski definition) is 6. The molecule has 2 aromatic heterocycles. The Bertz CT molecular complexity index is 1630. The summed E-state index contributed by atoms with van der Waals surface area (Å²) in [5.74, 6) is 1.62. The third-order valence-electron chi connectivity index (χ3n) is 7.76. The summed E-state index contributed by atoms with van der Waals surface area (Å²) in [6, 6.07) is 26.4. The topological polar surface area (TPSA) is 73.5 Å². The third kappa shape index (κ3) is 6.35. The number of nitrogens with one attached hydrogen (secondary N) is 2. The average molecular weight is 580 g/mol. The van der Waals surface area contributed by atoms with Gasteiger partial charge in [-0.15, -0.1) is 11.3 Å². The number of carbonyl (C=O) groups is 1. The van der Waals surface area contributed by atoms with Gasteiger partial charge in [0.15, 0.2) is 0 Å². The van der Waals surface area contributed by atoms with Crippen molar-refractivity contribution in [2.45, 2.75) is 26.2 Å². The van der Waals surface area contributed by atoms with Crippen LogP contribution in [0, 0.1) is 0 Å². The van der Waals surface area contributed by atoms with Crippen LogP contribution in [-0.2, 0) is 5.41 Å². The third-order valence-corrected chi connectivity index (χ3v) is 8.63. The Morgan fingerprint density at radius 1 is 0.952 bits per heavy atom. The second kappa shape index (κ2) is 12.0. The summed E-state index contributed by atoms with van der Waals surface area (Å²) in [6.07, 6.45) is 0. The summed E-state index contributed by atoms with van der Waals surface area (Å²) in [4.78, 5) is 26.4. The molecule has 7 nitrogen and oxygen atoms in total. The van der Waals surface area contributed by atoms with Gasteiger partial charge >= 0.3 is 0 Å². The van der Waals surface area contributed by atoms with Crippen LogP contribution >= 0.6 is 11.3 Å². The SMILES string of the molecule is CC(C)(C)c1ccc(-c2nc3c(N4CCN(CCOc5ccc(NC(=O)c6cccs6)cc5)CC4)cccc3[nH]2)cc1. The molecule has 42 heavy (non-hydrogen) atoms. The molecule has 3 heterocycles. The molecule has 0 saturated carbocycles. The summed E-state index contributed by atoms with van der Waals surface area (Å²) < 4.78 is 6.00. The minimum Gasteiger partial charge on any atom is -0.492 e. The molecular weight excluding hydrogens is 542 g/mol. The second-order valence-electron chi connectivity index (χ2n) is 11.7. The van der Waals surface area contributed by atoms with E-state index < -0.39 is 0 Å². The molecule has 0 radical (unpaired) electrons. The summed E-state index contributed by atoms with van der Waals surface area (Å²) in [6.45, 7) is 12.0. The molecule has 2 N–H and O–H groups in total. The zero-order chi connectivity index (χ0) is 29.1. The smallest absolute Gasteiger partial charge is 0.265 e. The number of piperazine rings is 1. The van der Waals surface area contributed by atoms with Crippen LogP contribution in [0.1, 0.15) is 36.0 Å². The molecule has 0 spiro atoms. The highest BCUT2D eigenvalue weighted by molar-refractivity contribution is 7.12. The number of aromatic nitrogens is 2. The summed E-state index contributed by atoms with van der Waals surface area (Å²) in [5.41, 5.74) is 6.59. The maximum atomic E-state index is 12.2. The highest BCUT2D eigenvalue weighted by Gasteiger charge is 2.21. The van der Waals surface area contributed by atoms with Crippen LogP contribution in [0.2, 0.25) is 0 Å². The number of thiophene rings is 1. The maximum absolute atomic E-state index is 12.2. The van der Waals surface area contributed by atoms with E-state index in [1.165, 1.54) is 22.6 Å². The fourth-order valence-corrected chi connectivity index (χ4v) is 5.90. The summed E-state index contributed by atoms with van der Waals surface area (Å²) >= 11 is 1.43. The molecule has 216 valence electrons. The first-order valence-corrected chi connectivity index (χ1v) is 15.4. The molecule has 1 aliphatic rings. The van der Waals surface area contributed by atoms with E-state index in [0.29, 0.717) is 11.5 Å². The number of carbonyl (C=O) groups excluding carboxylic acids is 1. The number of fused-ring (bicyclic) bond motifs is 1. The molecule has 1 fully saturated rings. The number of benzene rings is 3. The van der Waals surface area contributed by atoms with Crippen LogP contribution in [-0.4, -0.2) is 60.1 Å². The minimum atomic E-state index is -0.0901. The molecule has 3 aromatic carbocycles. The van der Waals surface area contributed by atoms with Crippen LogP contribution < -0.4 is 15.0 Å². The van der Waals surface area contributed by atoms with Crippen molar-refractivity contribution in [3.8, 4) is 17.1 Å². The molecule has 1 aliphatic heterocycles. The van der Waals surface area contributed by atoms with Gasteiger partial charge in [0, 0.05) is 44.0 Å². The number of anilines is 2. The number of imidazole rings is 1. The number of para-hydroxylation sites is 1. The largest absolute Gasteiger partial charge is 0.492 e. The lowest BCUT2D eigenvalue weighted by Gasteiger charge is -2.36. The van der Waals surface area contributed by atoms with Gasteiger partial charge in [-0.2, -0.15) is 0 Å². The lowest BCUT2D eigenvalue weighted by atomic mass is 9.87. The van der Waals surface area contributed by atoms with Crippen LogP contribution in [0.25, 0.3) is 22.4 Å². The molecule has 6 rings (SSSR count). The van der Waals surface area contributed by atoms with Crippen molar-refractivity contribution in [3.05, 3.63) is 94.7 Å². The molecular formula is C34H37N5O2S. The van der Waals surface area contributed by atoms with Gasteiger partial charge in [0.1, 0.15) is 23.7 Å². The molecule has 0 unspecified atom stereocenters. The van der Waals surface area contributed by atoms with Gasteiger partial charge in [0.25, 0.3) is 5.91 Å². The Hall–Kier alpha value is -4.14. The first kappa shape index (κ1) is 28.0. The van der Waals surface area contributed by atoms with E-state index in [4.69, 9.17) is 9.72 Å². The van der Waals surface area contributed by atoms with E-state index in [2.05, 4.69) is 83.3 Å². The van der Waals surface area contributed by atoms with Gasteiger partial charge in [-0.3, -0.25) is 9.69 Å². The van der Waals surface area contributed by atoms with Crippen LogP contribution in [0.5, 0.6) is 5.75 Å². The van der Waals surface area contributed by atoms with Crippen molar-refractivity contribution in [1.82, 2.24) is 14.9 Å². The first-order chi connectivity index (χ1) is 20.3. The van der Waals surface area contributed by atoms with E-state index in [9.17, 15) is 4.79 Å². The normalized spacial score (nSPS) is 14.3. The zero-order valence-corrected chi connectivity index (χ0v) is 25.2. The van der Waals surface area contributed by atoms with E-state index in [-0.39, 0.29) is 11.3 Å². The Morgan fingerprint density at radius 2 is 1.71 bits per heavy atom. The summed E-state index contributed by atoms with van der Waals surface area (Å²) in [7, 11) is 0. The monoisotopic (exact) mass is 579 g/mol. The van der Waals surface area contributed by atoms with Gasteiger partial charge in [0.05, 0.1) is 16.1 Å². The van der Waals surface area contributed by atoms with Crippen molar-refractivity contribution in [3.63, 3.8) is 0 Å². The average Bonchev–Trinajstić information content (AvgIpc) is 3.69. The number of hydrogen-bond donors (Lipinski definition) is 2. The molecule has 0 atom stereocenters. The highest BCUT2D eigenvalue weighted by Crippen LogP contribution is 2.30. The number of rotatable bonds is 8. The van der Waals surface area contributed by atoms with Crippen molar-refractivity contribution in [2.24, 2.45) is 0 Å². The van der Waals surface area contributed by atoms with Gasteiger partial charge in [-0.05, 0) is 58.8 Å². The Labute approximate surface area is 251 Å². The summed E-state index contributed by atoms with van der Waals surface area (Å²) in [5, 5.41) is 4.82. The second-order valence-corrected chi connectivity index (χ2v) is 12.7. The van der Waals surface area contributed by atoms with Crippen LogP contribution in [0.3, 0.4) is 0 Å². The lowest BCUT2D eigenvalue weighted by Crippen LogP contribution is -2.47. The molecule has 5 aromatic rings. The number of aromatic amines is 1. The number of nitrogens with zero attached hydrogens (tertiary/aromatic N) is 3. The van der Waals surface area contributed by atoms with Gasteiger partial charge in [-0.25, -0.2) is 4.98 Å². The van der Waals surface area contributed by atoms with E-state index >= 15 is 0 Å². The standard InChI is InChI=1S/C34H37N5O2S/c1-34(2,3)25-11-9-24(10-12-25)32-36-28-6-4-7-29(31(28)37-32)39-19-17-38(18-20-39)21-22-41-27-15-13-26(14-16-27)35-33(40)30-8-5-23-42-30/h4-16,23H,17-22H2,1-3H3,(H,35,40)(H,36,37). The maximum Gasteiger partial charge on any atom is 0.265 e. The van der Waals surface area contributed by atoms with E-state index in [1.807, 2.05) is 41.8 Å². The molecule has 0 aliphatic carbocycles. The lowest BCUT2D eigenvalue weighted by molar-refractivity contribution is 0.103. The molecule has 1 saturated heterocycles. The van der Waals surface area contributed by atoms with E-state index in [1.54, 1.807) is 0 Å². The quantitative estimate of drug-likeness (QED) is 0.206. The molecule has 1 amide bonds. The van der Waals surface area contributed by atoms with Crippen molar-refractivity contribution < 1.29 is 9.53 Å². The molecule has 8 heteroatoms. The fraction of sp³-hybridized carbons (Fsp3) is 0.294. The van der Waals surface area contributed by atoms with Gasteiger partial charge < -0.3 is 19.9 Å². The number of ether oxygens (including phenoxy) is 1. The van der Waals surface area contributed by atoms with Gasteiger partial charge in [0.2, 0.25) is 0 Å². The van der Waals surface area contributed by atoms with Crippen molar-refractivity contribution >= 4 is 39.7 Å². The first-order valence-electron chi connectivity index (χ1n) is 14.5. The number of amides is 1. The predicted octanol–water partition coefficient (Wildman–Crippen LogP) is 7.04. The predicted molar refractivity (Wildman–Crippen MR) is 173 cm³/mol. The Morgan fingerprint density at radius 3 is 2.40 bits per heavy atom. The van der Waals surface area contributed by atoms with Crippen molar-refractivity contribution in [2.75, 3.05) is 49.5 Å². The fourth-order valence-electron chi connectivity index (χ4n) is 5.28. The van der Waals surface area contributed by atoms with Crippen molar-refractivity contribution in [1.29, 1.82) is 0 Å². The minimum absolute atomic E-state index is 0.0901. The van der Waals surface area contributed by atoms with Crippen LogP contribution in [0.4, 0.5) is 11.4 Å². The number of H-pyrrole nitrogens is 1. The highest BCUT2D eigenvalue weighted by atomic mass is 32.1.